The van der Waals surface area contributed by atoms with Crippen LogP contribution < -0.4 is 20.3 Å². The van der Waals surface area contributed by atoms with Crippen molar-refractivity contribution in [3.63, 3.8) is 0 Å². The van der Waals surface area contributed by atoms with E-state index in [9.17, 15) is 0 Å². The zero-order valence-electron chi connectivity index (χ0n) is 19.3. The first-order valence-corrected chi connectivity index (χ1v) is 12.2. The van der Waals surface area contributed by atoms with E-state index in [1.807, 2.05) is 24.5 Å². The van der Waals surface area contributed by atoms with Crippen LogP contribution in [0, 0.1) is 0 Å². The van der Waals surface area contributed by atoms with Crippen molar-refractivity contribution in [2.75, 3.05) is 51.8 Å². The van der Waals surface area contributed by atoms with Gasteiger partial charge < -0.3 is 20.3 Å². The van der Waals surface area contributed by atoms with Crippen molar-refractivity contribution >= 4 is 22.3 Å². The number of methoxy groups -OCH3 is 1. The lowest BCUT2D eigenvalue weighted by Crippen LogP contribution is -2.50. The molecule has 0 radical (unpaired) electrons. The summed E-state index contributed by atoms with van der Waals surface area (Å²) in [7, 11) is 3.58. The molecule has 0 bridgehead atoms. The van der Waals surface area contributed by atoms with Crippen LogP contribution >= 0.6 is 11.3 Å². The molecule has 1 fully saturated rings. The molecule has 1 aliphatic rings. The van der Waals surface area contributed by atoms with Gasteiger partial charge in [0.05, 0.1) is 18.2 Å². The van der Waals surface area contributed by atoms with Gasteiger partial charge in [0.25, 0.3) is 0 Å². The predicted molar refractivity (Wildman–Crippen MR) is 133 cm³/mol. The monoisotopic (exact) mass is 443 g/mol. The summed E-state index contributed by atoms with van der Waals surface area (Å²) < 4.78 is 5.46. The van der Waals surface area contributed by atoms with Gasteiger partial charge in [-0.1, -0.05) is 26.0 Å². The van der Waals surface area contributed by atoms with Crippen LogP contribution in [0.3, 0.4) is 0 Å². The zero-order valence-corrected chi connectivity index (χ0v) is 20.1. The summed E-state index contributed by atoms with van der Waals surface area (Å²) in [5, 5.41) is 10.8. The number of thiophene rings is 1. The van der Waals surface area contributed by atoms with Crippen molar-refractivity contribution in [2.45, 2.75) is 38.8 Å². The molecule has 6 nitrogen and oxygen atoms in total. The Hall–Kier alpha value is -2.25. The fraction of sp³-hybridized carbons (Fsp3) is 0.542. The van der Waals surface area contributed by atoms with Crippen LogP contribution in [0.1, 0.15) is 38.3 Å². The smallest absolute Gasteiger partial charge is 0.191 e. The molecular weight excluding hydrogens is 406 g/mol. The average Bonchev–Trinajstić information content (AvgIpc) is 3.36. The summed E-state index contributed by atoms with van der Waals surface area (Å²) in [5.74, 6) is 1.78. The van der Waals surface area contributed by atoms with E-state index in [1.165, 1.54) is 10.6 Å². The van der Waals surface area contributed by atoms with Crippen LogP contribution in [-0.4, -0.2) is 63.8 Å². The molecule has 2 heterocycles. The lowest BCUT2D eigenvalue weighted by atomic mass is 10.0. The fourth-order valence-corrected chi connectivity index (χ4v) is 5.03. The normalized spacial score (nSPS) is 16.4. The largest absolute Gasteiger partial charge is 0.497 e. The van der Waals surface area contributed by atoms with E-state index in [-0.39, 0.29) is 6.04 Å². The van der Waals surface area contributed by atoms with Crippen molar-refractivity contribution in [2.24, 2.45) is 4.99 Å². The molecule has 3 rings (SSSR count). The Bertz CT molecular complexity index is 798. The van der Waals surface area contributed by atoms with Crippen LogP contribution in [-0.2, 0) is 0 Å². The van der Waals surface area contributed by atoms with Crippen LogP contribution in [0.5, 0.6) is 5.75 Å². The minimum absolute atomic E-state index is 0.254. The standard InChI is InChI=1S/C24H37N5OS/c1-5-28(6-2)22(19-9-7-10-21(17-19)30-4)18-26-24(25-3)27-20-12-14-29(15-13-20)23-11-8-16-31-23/h7-11,16-17,20,22H,5-6,12-15,18H2,1-4H3,(H2,25,26,27). The number of likely N-dealkylation sites (N-methyl/N-ethyl adjacent to an activating group) is 1. The first-order valence-electron chi connectivity index (χ1n) is 11.3. The molecule has 170 valence electrons. The van der Waals surface area contributed by atoms with Gasteiger partial charge in [-0.2, -0.15) is 0 Å². The summed E-state index contributed by atoms with van der Waals surface area (Å²) >= 11 is 1.82. The number of guanidine groups is 1. The predicted octanol–water partition coefficient (Wildman–Crippen LogP) is 3.97. The molecule has 1 unspecified atom stereocenters. The van der Waals surface area contributed by atoms with E-state index >= 15 is 0 Å². The number of anilines is 1. The summed E-state index contributed by atoms with van der Waals surface area (Å²) in [6.07, 6.45) is 2.24. The second-order valence-electron chi connectivity index (χ2n) is 7.82. The number of nitrogens with zero attached hydrogens (tertiary/aromatic N) is 3. The molecule has 7 heteroatoms. The Kier molecular flexibility index (Phi) is 9.03. The lowest BCUT2D eigenvalue weighted by Gasteiger charge is -2.34. The van der Waals surface area contributed by atoms with Gasteiger partial charge in [0.15, 0.2) is 5.96 Å². The number of hydrogen-bond acceptors (Lipinski definition) is 5. The van der Waals surface area contributed by atoms with Crippen molar-refractivity contribution in [1.82, 2.24) is 15.5 Å². The van der Waals surface area contributed by atoms with Gasteiger partial charge in [-0.05, 0) is 61.1 Å². The Balaban J connectivity index is 1.58. The number of hydrogen-bond donors (Lipinski definition) is 2. The van der Waals surface area contributed by atoms with Crippen molar-refractivity contribution in [1.29, 1.82) is 0 Å². The quantitative estimate of drug-likeness (QED) is 0.454. The van der Waals surface area contributed by atoms with Crippen LogP contribution in [0.2, 0.25) is 0 Å². The zero-order chi connectivity index (χ0) is 22.1. The highest BCUT2D eigenvalue weighted by molar-refractivity contribution is 7.14. The first kappa shape index (κ1) is 23.4. The minimum Gasteiger partial charge on any atom is -0.497 e. The number of benzene rings is 1. The molecule has 31 heavy (non-hydrogen) atoms. The van der Waals surface area contributed by atoms with E-state index in [1.54, 1.807) is 7.11 Å². The van der Waals surface area contributed by atoms with Crippen LogP contribution in [0.4, 0.5) is 5.00 Å². The highest BCUT2D eigenvalue weighted by atomic mass is 32.1. The third kappa shape index (κ3) is 6.37. The summed E-state index contributed by atoms with van der Waals surface area (Å²) in [6.45, 7) is 9.38. The Morgan fingerprint density at radius 1 is 1.23 bits per heavy atom. The maximum absolute atomic E-state index is 5.46. The Labute approximate surface area is 191 Å². The first-order chi connectivity index (χ1) is 15.2. The molecule has 1 saturated heterocycles. The summed E-state index contributed by atoms with van der Waals surface area (Å²) in [6, 6.07) is 13.4. The number of ether oxygens (including phenoxy) is 1. The lowest BCUT2D eigenvalue weighted by molar-refractivity contribution is 0.218. The van der Waals surface area contributed by atoms with Crippen LogP contribution in [0.25, 0.3) is 0 Å². The second-order valence-corrected chi connectivity index (χ2v) is 8.75. The molecule has 1 aromatic heterocycles. The Morgan fingerprint density at radius 2 is 2.00 bits per heavy atom. The topological polar surface area (TPSA) is 52.1 Å². The maximum atomic E-state index is 5.46. The van der Waals surface area contributed by atoms with Crippen molar-refractivity contribution in [3.8, 4) is 5.75 Å². The molecule has 0 amide bonds. The molecule has 0 aliphatic carbocycles. The van der Waals surface area contributed by atoms with Crippen molar-refractivity contribution in [3.05, 3.63) is 47.3 Å². The van der Waals surface area contributed by atoms with Gasteiger partial charge in [-0.25, -0.2) is 0 Å². The van der Waals surface area contributed by atoms with E-state index < -0.39 is 0 Å². The average molecular weight is 444 g/mol. The Morgan fingerprint density at radius 3 is 2.61 bits per heavy atom. The van der Waals surface area contributed by atoms with Gasteiger partial charge in [-0.3, -0.25) is 9.89 Å². The third-order valence-corrected chi connectivity index (χ3v) is 7.00. The fourth-order valence-electron chi connectivity index (χ4n) is 4.25. The highest BCUT2D eigenvalue weighted by Gasteiger charge is 2.22. The van der Waals surface area contributed by atoms with Crippen molar-refractivity contribution < 1.29 is 4.74 Å². The molecule has 1 aliphatic heterocycles. The molecule has 2 N–H and O–H groups in total. The second kappa shape index (κ2) is 12.0. The number of rotatable bonds is 9. The van der Waals surface area contributed by atoms with Gasteiger partial charge in [0, 0.05) is 32.7 Å². The third-order valence-electron chi connectivity index (χ3n) is 6.07. The number of nitrogens with one attached hydrogen (secondary N) is 2. The van der Waals surface area contributed by atoms with Gasteiger partial charge in [-0.15, -0.1) is 11.3 Å². The molecule has 0 saturated carbocycles. The highest BCUT2D eigenvalue weighted by Crippen LogP contribution is 2.25. The molecule has 1 aromatic carbocycles. The van der Waals surface area contributed by atoms with E-state index in [0.29, 0.717) is 6.04 Å². The molecule has 2 aromatic rings. The summed E-state index contributed by atoms with van der Waals surface area (Å²) in [5.41, 5.74) is 1.26. The van der Waals surface area contributed by atoms with Gasteiger partial charge >= 0.3 is 0 Å². The van der Waals surface area contributed by atoms with Gasteiger partial charge in [0.1, 0.15) is 5.75 Å². The number of aliphatic imine (C=N–C) groups is 1. The SMILES string of the molecule is CCN(CC)C(CNC(=NC)NC1CCN(c2cccs2)CC1)c1cccc(OC)c1. The van der Waals surface area contributed by atoms with E-state index in [0.717, 1.165) is 57.3 Å². The molecule has 0 spiro atoms. The minimum atomic E-state index is 0.254. The molecule has 1 atom stereocenters. The summed E-state index contributed by atoms with van der Waals surface area (Å²) in [4.78, 5) is 9.45. The van der Waals surface area contributed by atoms with E-state index in [2.05, 4.69) is 75.0 Å². The van der Waals surface area contributed by atoms with E-state index in [4.69, 9.17) is 4.74 Å². The molecular formula is C24H37N5OS. The number of piperidine rings is 1. The maximum Gasteiger partial charge on any atom is 0.191 e. The van der Waals surface area contributed by atoms with Crippen LogP contribution in [0.15, 0.2) is 46.8 Å². The van der Waals surface area contributed by atoms with Gasteiger partial charge in [0.2, 0.25) is 0 Å².